The van der Waals surface area contributed by atoms with Crippen LogP contribution in [0.4, 0.5) is 0 Å². The summed E-state index contributed by atoms with van der Waals surface area (Å²) in [5.74, 6) is 5.58. The summed E-state index contributed by atoms with van der Waals surface area (Å²) in [5.41, 5.74) is 0.114. The van der Waals surface area contributed by atoms with Crippen LogP contribution in [0, 0.1) is 64.1 Å². The molecule has 0 amide bonds. The minimum absolute atomic E-state index is 0.122. The van der Waals surface area contributed by atoms with Crippen molar-refractivity contribution in [1.29, 1.82) is 0 Å². The van der Waals surface area contributed by atoms with Crippen LogP contribution in [0.1, 0.15) is 98.8 Å². The average Bonchev–Trinajstić information content (AvgIpc) is 3.40. The van der Waals surface area contributed by atoms with E-state index in [-0.39, 0.29) is 35.1 Å². The lowest BCUT2D eigenvalue weighted by Gasteiger charge is -2.62. The van der Waals surface area contributed by atoms with Gasteiger partial charge in [0.25, 0.3) is 0 Å². The zero-order chi connectivity index (χ0) is 23.0. The van der Waals surface area contributed by atoms with Crippen molar-refractivity contribution in [2.24, 2.45) is 64.1 Å². The summed E-state index contributed by atoms with van der Waals surface area (Å²) in [5, 5.41) is 33.4. The zero-order valence-corrected chi connectivity index (χ0v) is 21.3. The van der Waals surface area contributed by atoms with Gasteiger partial charge < -0.3 is 15.3 Å². The highest BCUT2D eigenvalue weighted by Crippen LogP contribution is 2.68. The molecule has 14 atom stereocenters. The molecule has 0 radical (unpaired) electrons. The summed E-state index contributed by atoms with van der Waals surface area (Å²) >= 11 is 0. The average molecular weight is 447 g/mol. The van der Waals surface area contributed by atoms with Gasteiger partial charge in [0.05, 0.1) is 18.3 Å². The predicted octanol–water partition coefficient (Wildman–Crippen LogP) is 5.66. The van der Waals surface area contributed by atoms with Gasteiger partial charge in [0.15, 0.2) is 0 Å². The van der Waals surface area contributed by atoms with Crippen molar-refractivity contribution < 1.29 is 15.3 Å². The molecule has 3 heteroatoms. The first kappa shape index (κ1) is 23.6. The van der Waals surface area contributed by atoms with Crippen molar-refractivity contribution in [3.05, 3.63) is 0 Å². The number of hydrogen-bond acceptors (Lipinski definition) is 3. The lowest BCUT2D eigenvalue weighted by molar-refractivity contribution is -0.176. The highest BCUT2D eigenvalue weighted by atomic mass is 16.3. The molecule has 0 aromatic carbocycles. The Morgan fingerprint density at radius 1 is 0.844 bits per heavy atom. The highest BCUT2D eigenvalue weighted by Gasteiger charge is 2.65. The fourth-order valence-electron chi connectivity index (χ4n) is 10.3. The van der Waals surface area contributed by atoms with Crippen molar-refractivity contribution in [2.75, 3.05) is 0 Å². The Kier molecular flexibility index (Phi) is 6.07. The SMILES string of the molecule is C[C@H](CC[C@@H](C)[C@H]1[C@H](O)CC2C3CCC4C[C@H](O)CC[C@]4(C)C3C[C@@H](O)[C@@]21C)[C@@H]1C[C@H]1C. The number of aliphatic hydroxyl groups is 3. The topological polar surface area (TPSA) is 60.7 Å². The Hall–Kier alpha value is -0.120. The first-order valence-corrected chi connectivity index (χ1v) is 14.1. The number of rotatable bonds is 5. The molecule has 3 nitrogen and oxygen atoms in total. The molecule has 184 valence electrons. The third-order valence-corrected chi connectivity index (χ3v) is 12.4. The van der Waals surface area contributed by atoms with Gasteiger partial charge in [-0.25, -0.2) is 0 Å². The van der Waals surface area contributed by atoms with Crippen LogP contribution in [0.25, 0.3) is 0 Å². The van der Waals surface area contributed by atoms with E-state index in [4.69, 9.17) is 0 Å². The molecule has 3 N–H and O–H groups in total. The second kappa shape index (κ2) is 8.23. The molecule has 0 aromatic heterocycles. The Labute approximate surface area is 196 Å². The molecule has 0 spiro atoms. The number of hydrogen-bond donors (Lipinski definition) is 3. The standard InChI is InChI=1S/C29H50O3/c1-16(22-12-18(22)3)6-7-17(2)27-25(31)14-24-21-9-8-19-13-20(30)10-11-28(19,4)23(21)15-26(32)29(24,27)5/h16-27,30-32H,6-15H2,1-5H3/t16-,17-,18-,19?,20-,21?,22+,23?,24?,25-,26-,27+,28+,29-/m1/s1. The Morgan fingerprint density at radius 2 is 1.53 bits per heavy atom. The van der Waals surface area contributed by atoms with Crippen LogP contribution in [0.15, 0.2) is 0 Å². The second-order valence-electron chi connectivity index (χ2n) is 13.9. The molecular weight excluding hydrogens is 396 g/mol. The van der Waals surface area contributed by atoms with E-state index in [0.29, 0.717) is 29.6 Å². The second-order valence-corrected chi connectivity index (χ2v) is 13.9. The summed E-state index contributed by atoms with van der Waals surface area (Å²) in [4.78, 5) is 0. The molecule has 0 saturated heterocycles. The molecule has 32 heavy (non-hydrogen) atoms. The molecule has 5 aliphatic rings. The third kappa shape index (κ3) is 3.54. The summed E-state index contributed by atoms with van der Waals surface area (Å²) in [6.45, 7) is 12.0. The van der Waals surface area contributed by atoms with Gasteiger partial charge in [-0.05, 0) is 110 Å². The van der Waals surface area contributed by atoms with Crippen molar-refractivity contribution >= 4 is 0 Å². The van der Waals surface area contributed by atoms with Crippen LogP contribution in [0.3, 0.4) is 0 Å². The quantitative estimate of drug-likeness (QED) is 0.511. The Balaban J connectivity index is 1.34. The van der Waals surface area contributed by atoms with Crippen LogP contribution < -0.4 is 0 Å². The Bertz CT molecular complexity index is 694. The number of fused-ring (bicyclic) bond motifs is 5. The van der Waals surface area contributed by atoms with E-state index in [9.17, 15) is 15.3 Å². The molecule has 4 unspecified atom stereocenters. The minimum Gasteiger partial charge on any atom is -0.393 e. The van der Waals surface area contributed by atoms with Gasteiger partial charge in [-0.3, -0.25) is 0 Å². The summed E-state index contributed by atoms with van der Waals surface area (Å²) in [6.07, 6.45) is 10.4. The van der Waals surface area contributed by atoms with Gasteiger partial charge in [0.1, 0.15) is 0 Å². The van der Waals surface area contributed by atoms with Gasteiger partial charge in [-0.1, -0.05) is 47.5 Å². The minimum atomic E-state index is -0.304. The maximum Gasteiger partial charge on any atom is 0.0603 e. The fraction of sp³-hybridized carbons (Fsp3) is 1.00. The maximum atomic E-state index is 11.7. The molecule has 5 rings (SSSR count). The van der Waals surface area contributed by atoms with E-state index in [2.05, 4.69) is 34.6 Å². The van der Waals surface area contributed by atoms with Crippen molar-refractivity contribution in [2.45, 2.75) is 117 Å². The van der Waals surface area contributed by atoms with Crippen LogP contribution in [0.5, 0.6) is 0 Å². The van der Waals surface area contributed by atoms with Gasteiger partial charge in [0.2, 0.25) is 0 Å². The van der Waals surface area contributed by atoms with E-state index in [1.54, 1.807) is 0 Å². The third-order valence-electron chi connectivity index (χ3n) is 12.4. The van der Waals surface area contributed by atoms with Gasteiger partial charge >= 0.3 is 0 Å². The first-order valence-electron chi connectivity index (χ1n) is 14.1. The molecule has 5 fully saturated rings. The zero-order valence-electron chi connectivity index (χ0n) is 21.3. The van der Waals surface area contributed by atoms with Crippen molar-refractivity contribution in [1.82, 2.24) is 0 Å². The van der Waals surface area contributed by atoms with Gasteiger partial charge in [-0.2, -0.15) is 0 Å². The smallest absolute Gasteiger partial charge is 0.0603 e. The van der Waals surface area contributed by atoms with E-state index in [0.717, 1.165) is 49.9 Å². The lowest BCUT2D eigenvalue weighted by atomic mass is 9.43. The molecule has 0 aliphatic heterocycles. The number of aliphatic hydroxyl groups excluding tert-OH is 3. The fourth-order valence-corrected chi connectivity index (χ4v) is 10.3. The van der Waals surface area contributed by atoms with E-state index < -0.39 is 0 Å². The molecule has 0 heterocycles. The lowest BCUT2D eigenvalue weighted by Crippen LogP contribution is -2.59. The van der Waals surface area contributed by atoms with E-state index in [1.165, 1.54) is 32.1 Å². The predicted molar refractivity (Wildman–Crippen MR) is 129 cm³/mol. The summed E-state index contributed by atoms with van der Waals surface area (Å²) < 4.78 is 0. The largest absolute Gasteiger partial charge is 0.393 e. The normalized spacial score (nSPS) is 56.6. The first-order chi connectivity index (χ1) is 15.1. The van der Waals surface area contributed by atoms with Gasteiger partial charge in [-0.15, -0.1) is 0 Å². The van der Waals surface area contributed by atoms with E-state index >= 15 is 0 Å². The monoisotopic (exact) mass is 446 g/mol. The summed E-state index contributed by atoms with van der Waals surface area (Å²) in [6, 6.07) is 0. The Morgan fingerprint density at radius 3 is 2.22 bits per heavy atom. The summed E-state index contributed by atoms with van der Waals surface area (Å²) in [7, 11) is 0. The molecule has 5 aliphatic carbocycles. The van der Waals surface area contributed by atoms with Crippen LogP contribution >= 0.6 is 0 Å². The van der Waals surface area contributed by atoms with Crippen LogP contribution in [-0.4, -0.2) is 33.6 Å². The molecule has 5 saturated carbocycles. The molecule has 0 aromatic rings. The van der Waals surface area contributed by atoms with E-state index in [1.807, 2.05) is 0 Å². The highest BCUT2D eigenvalue weighted by molar-refractivity contribution is 5.14. The van der Waals surface area contributed by atoms with Crippen molar-refractivity contribution in [3.63, 3.8) is 0 Å². The molecule has 0 bridgehead atoms. The van der Waals surface area contributed by atoms with Crippen LogP contribution in [-0.2, 0) is 0 Å². The molecular formula is C29H50O3. The van der Waals surface area contributed by atoms with Crippen molar-refractivity contribution in [3.8, 4) is 0 Å². The van der Waals surface area contributed by atoms with Gasteiger partial charge in [0, 0.05) is 5.41 Å². The van der Waals surface area contributed by atoms with Crippen LogP contribution in [0.2, 0.25) is 0 Å². The maximum absolute atomic E-state index is 11.7.